The third-order valence-electron chi connectivity index (χ3n) is 3.94. The van der Waals surface area contributed by atoms with E-state index in [9.17, 15) is 0 Å². The van der Waals surface area contributed by atoms with Crippen molar-refractivity contribution in [2.45, 2.75) is 25.4 Å². The molecule has 0 radical (unpaired) electrons. The van der Waals surface area contributed by atoms with Gasteiger partial charge >= 0.3 is 0 Å². The zero-order chi connectivity index (χ0) is 15.2. The van der Waals surface area contributed by atoms with Crippen molar-refractivity contribution in [2.24, 2.45) is 10.9 Å². The molecule has 0 heterocycles. The van der Waals surface area contributed by atoms with Crippen LogP contribution >= 0.6 is 35.6 Å². The van der Waals surface area contributed by atoms with Gasteiger partial charge in [-0.2, -0.15) is 0 Å². The van der Waals surface area contributed by atoms with Crippen molar-refractivity contribution >= 4 is 41.5 Å². The van der Waals surface area contributed by atoms with E-state index < -0.39 is 0 Å². The molecule has 0 aliphatic heterocycles. The lowest BCUT2D eigenvalue weighted by Crippen LogP contribution is -2.45. The number of benzene rings is 1. The molecule has 0 aromatic heterocycles. The van der Waals surface area contributed by atoms with Crippen molar-refractivity contribution in [3.63, 3.8) is 0 Å². The molecule has 1 aliphatic rings. The number of nitrogens with one attached hydrogen (secondary N) is 2. The number of aliphatic imine (C=N–C) groups is 1. The summed E-state index contributed by atoms with van der Waals surface area (Å²) in [5.41, 5.74) is 1.08. The number of hydrogen-bond donors (Lipinski definition) is 2. The third-order valence-corrected chi connectivity index (χ3v) is 4.30. The monoisotopic (exact) mass is 436 g/mol. The molecule has 0 spiro atoms. The van der Waals surface area contributed by atoms with Crippen LogP contribution in [-0.4, -0.2) is 44.6 Å². The predicted molar refractivity (Wildman–Crippen MR) is 105 cm³/mol. The molecule has 0 amide bonds. The van der Waals surface area contributed by atoms with Gasteiger partial charge in [-0.3, -0.25) is 4.99 Å². The maximum atomic E-state index is 6.16. The topological polar surface area (TPSA) is 39.7 Å². The Morgan fingerprint density at radius 2 is 2.00 bits per heavy atom. The Labute approximate surface area is 155 Å². The summed E-state index contributed by atoms with van der Waals surface area (Å²) in [5.74, 6) is 1.65. The number of halogens is 2. The number of hydrogen-bond acceptors (Lipinski definition) is 2. The van der Waals surface area contributed by atoms with E-state index in [4.69, 9.17) is 11.6 Å². The van der Waals surface area contributed by atoms with E-state index in [1.807, 2.05) is 24.3 Å². The molecule has 6 heteroatoms. The van der Waals surface area contributed by atoms with Gasteiger partial charge in [0.25, 0.3) is 0 Å². The highest BCUT2D eigenvalue weighted by molar-refractivity contribution is 14.0. The van der Waals surface area contributed by atoms with Crippen LogP contribution in [0.25, 0.3) is 0 Å². The fourth-order valence-electron chi connectivity index (χ4n) is 2.49. The maximum Gasteiger partial charge on any atom is 0.191 e. The van der Waals surface area contributed by atoms with E-state index in [0.717, 1.165) is 29.0 Å². The summed E-state index contributed by atoms with van der Waals surface area (Å²) in [4.78, 5) is 6.57. The van der Waals surface area contributed by atoms with E-state index in [1.165, 1.54) is 12.8 Å². The second kappa shape index (κ2) is 9.57. The van der Waals surface area contributed by atoms with Gasteiger partial charge in [0.2, 0.25) is 0 Å². The van der Waals surface area contributed by atoms with Crippen LogP contribution in [0.4, 0.5) is 0 Å². The predicted octanol–water partition coefficient (Wildman–Crippen LogP) is 2.96. The van der Waals surface area contributed by atoms with Gasteiger partial charge in [-0.05, 0) is 44.5 Å². The zero-order valence-electron chi connectivity index (χ0n) is 13.5. The molecule has 2 rings (SSSR count). The van der Waals surface area contributed by atoms with Crippen LogP contribution in [0.3, 0.4) is 0 Å². The van der Waals surface area contributed by atoms with Crippen LogP contribution in [0.5, 0.6) is 0 Å². The average molecular weight is 437 g/mol. The Morgan fingerprint density at radius 1 is 1.32 bits per heavy atom. The van der Waals surface area contributed by atoms with Gasteiger partial charge < -0.3 is 15.5 Å². The van der Waals surface area contributed by atoms with Crippen molar-refractivity contribution in [1.82, 2.24) is 15.5 Å². The van der Waals surface area contributed by atoms with Crippen LogP contribution < -0.4 is 10.6 Å². The van der Waals surface area contributed by atoms with Crippen molar-refractivity contribution in [3.05, 3.63) is 34.9 Å². The molecule has 0 bridgehead atoms. The summed E-state index contributed by atoms with van der Waals surface area (Å²) in [7, 11) is 6.08. The molecule has 1 aromatic rings. The van der Waals surface area contributed by atoms with E-state index in [0.29, 0.717) is 12.6 Å². The van der Waals surface area contributed by atoms with Crippen molar-refractivity contribution in [1.29, 1.82) is 0 Å². The molecule has 0 saturated heterocycles. The highest BCUT2D eigenvalue weighted by atomic mass is 127. The molecule has 1 aliphatic carbocycles. The van der Waals surface area contributed by atoms with Crippen LogP contribution in [0.15, 0.2) is 29.3 Å². The van der Waals surface area contributed by atoms with Gasteiger partial charge in [0.15, 0.2) is 5.96 Å². The molecule has 1 fully saturated rings. The van der Waals surface area contributed by atoms with Gasteiger partial charge in [-0.15, -0.1) is 24.0 Å². The summed E-state index contributed by atoms with van der Waals surface area (Å²) < 4.78 is 0. The molecule has 22 heavy (non-hydrogen) atoms. The lowest BCUT2D eigenvalue weighted by molar-refractivity contribution is 0.264. The quantitative estimate of drug-likeness (QED) is 0.409. The minimum atomic E-state index is 0. The Bertz CT molecular complexity index is 487. The van der Waals surface area contributed by atoms with E-state index in [-0.39, 0.29) is 24.0 Å². The van der Waals surface area contributed by atoms with Crippen LogP contribution in [0.2, 0.25) is 5.02 Å². The first kappa shape index (κ1) is 19.5. The summed E-state index contributed by atoms with van der Waals surface area (Å²) in [6.45, 7) is 1.59. The highest BCUT2D eigenvalue weighted by Crippen LogP contribution is 2.34. The summed E-state index contributed by atoms with van der Waals surface area (Å²) >= 11 is 6.16. The Balaban J connectivity index is 0.00000242. The van der Waals surface area contributed by atoms with Gasteiger partial charge in [0.1, 0.15) is 0 Å². The van der Waals surface area contributed by atoms with E-state index >= 15 is 0 Å². The number of rotatable bonds is 6. The molecule has 1 saturated carbocycles. The minimum Gasteiger partial charge on any atom is -0.355 e. The van der Waals surface area contributed by atoms with Crippen LogP contribution in [0.1, 0.15) is 18.4 Å². The first-order valence-corrected chi connectivity index (χ1v) is 7.84. The van der Waals surface area contributed by atoms with Crippen molar-refractivity contribution < 1.29 is 0 Å². The second-order valence-corrected chi connectivity index (χ2v) is 6.17. The molecule has 4 nitrogen and oxygen atoms in total. The smallest absolute Gasteiger partial charge is 0.191 e. The summed E-state index contributed by atoms with van der Waals surface area (Å²) in [6, 6.07) is 8.44. The molecule has 124 valence electrons. The molecule has 2 N–H and O–H groups in total. The van der Waals surface area contributed by atoms with Gasteiger partial charge in [0.05, 0.1) is 0 Å². The van der Waals surface area contributed by atoms with Gasteiger partial charge in [0, 0.05) is 31.2 Å². The number of guanidine groups is 1. The fraction of sp³-hybridized carbons (Fsp3) is 0.562. The largest absolute Gasteiger partial charge is 0.355 e. The second-order valence-electron chi connectivity index (χ2n) is 5.77. The van der Waals surface area contributed by atoms with Crippen LogP contribution in [-0.2, 0) is 6.54 Å². The molecule has 1 unspecified atom stereocenters. The van der Waals surface area contributed by atoms with Gasteiger partial charge in [-0.25, -0.2) is 0 Å². The molecular weight excluding hydrogens is 411 g/mol. The normalized spacial score (nSPS) is 16.1. The first-order valence-electron chi connectivity index (χ1n) is 7.46. The highest BCUT2D eigenvalue weighted by Gasteiger charge is 2.32. The molecule has 1 aromatic carbocycles. The standard InChI is InChI=1S/C16H25ClN4.HI/c1-18-16(19-10-13-6-4-5-7-14(13)17)20-11-15(21(2)3)12-8-9-12;/h4-7,12,15H,8-11H2,1-3H3,(H2,18,19,20);1H. The maximum absolute atomic E-state index is 6.16. The Morgan fingerprint density at radius 3 is 2.55 bits per heavy atom. The lowest BCUT2D eigenvalue weighted by Gasteiger charge is -2.25. The zero-order valence-corrected chi connectivity index (χ0v) is 16.6. The van der Waals surface area contributed by atoms with Crippen molar-refractivity contribution in [3.8, 4) is 0 Å². The first-order chi connectivity index (χ1) is 10.1. The lowest BCUT2D eigenvalue weighted by atomic mass is 10.1. The Hall–Kier alpha value is -0.530. The molecule has 1 atom stereocenters. The summed E-state index contributed by atoms with van der Waals surface area (Å²) in [6.07, 6.45) is 2.69. The van der Waals surface area contributed by atoms with Gasteiger partial charge in [-0.1, -0.05) is 29.8 Å². The van der Waals surface area contributed by atoms with Crippen LogP contribution in [0, 0.1) is 5.92 Å². The van der Waals surface area contributed by atoms with Crippen molar-refractivity contribution in [2.75, 3.05) is 27.7 Å². The number of nitrogens with zero attached hydrogens (tertiary/aromatic N) is 2. The SMILES string of the molecule is CN=C(NCc1ccccc1Cl)NCC(C1CC1)N(C)C.I. The van der Waals surface area contributed by atoms with E-state index in [2.05, 4.69) is 34.6 Å². The molecular formula is C16H26ClIN4. The number of likely N-dealkylation sites (N-methyl/N-ethyl adjacent to an activating group) is 1. The third kappa shape index (κ3) is 5.93. The average Bonchev–Trinajstić information content (AvgIpc) is 3.28. The summed E-state index contributed by atoms with van der Waals surface area (Å²) in [5, 5.41) is 7.51. The Kier molecular flexibility index (Phi) is 8.49. The van der Waals surface area contributed by atoms with E-state index in [1.54, 1.807) is 7.05 Å². The minimum absolute atomic E-state index is 0. The fourth-order valence-corrected chi connectivity index (χ4v) is 2.70.